The van der Waals surface area contributed by atoms with Crippen molar-refractivity contribution in [3.63, 3.8) is 0 Å². The van der Waals surface area contributed by atoms with Crippen molar-refractivity contribution in [3.05, 3.63) is 45.4 Å². The van der Waals surface area contributed by atoms with E-state index in [0.29, 0.717) is 12.5 Å². The van der Waals surface area contributed by atoms with Gasteiger partial charge in [-0.1, -0.05) is 17.7 Å². The van der Waals surface area contributed by atoms with Gasteiger partial charge in [-0.25, -0.2) is 9.98 Å². The Labute approximate surface area is 140 Å². The van der Waals surface area contributed by atoms with Gasteiger partial charge in [0, 0.05) is 10.6 Å². The number of nitrogens with one attached hydrogen (secondary N) is 1. The van der Waals surface area contributed by atoms with Gasteiger partial charge in [0.05, 0.1) is 17.2 Å². The lowest BCUT2D eigenvalue weighted by atomic mass is 10.2. The van der Waals surface area contributed by atoms with E-state index in [1.165, 1.54) is 5.56 Å². The Morgan fingerprint density at radius 3 is 2.45 bits per heavy atom. The zero-order chi connectivity index (χ0) is 13.8. The summed E-state index contributed by atoms with van der Waals surface area (Å²) >= 11 is 1.66. The first-order valence-electron chi connectivity index (χ1n) is 6.11. The number of anilines is 1. The third kappa shape index (κ3) is 4.75. The maximum absolute atomic E-state index is 5.87. The van der Waals surface area contributed by atoms with Crippen molar-refractivity contribution in [2.75, 3.05) is 5.32 Å². The highest BCUT2D eigenvalue weighted by Gasteiger charge is 2.03. The number of thiazole rings is 1. The van der Waals surface area contributed by atoms with Crippen LogP contribution in [-0.4, -0.2) is 10.9 Å². The van der Waals surface area contributed by atoms with Crippen LogP contribution in [0.15, 0.2) is 29.3 Å². The summed E-state index contributed by atoms with van der Waals surface area (Å²) in [5.74, 6) is 0.425. The van der Waals surface area contributed by atoms with Crippen molar-refractivity contribution in [3.8, 4) is 0 Å². The molecule has 0 atom stereocenters. The average molecular weight is 402 g/mol. The van der Waals surface area contributed by atoms with Gasteiger partial charge in [-0.05, 0) is 32.9 Å². The Balaban J connectivity index is 0.00000200. The van der Waals surface area contributed by atoms with Crippen LogP contribution >= 0.6 is 35.3 Å². The summed E-state index contributed by atoms with van der Waals surface area (Å²) in [4.78, 5) is 9.87. The van der Waals surface area contributed by atoms with Crippen molar-refractivity contribution < 1.29 is 0 Å². The average Bonchev–Trinajstić information content (AvgIpc) is 2.68. The Morgan fingerprint density at radius 1 is 1.25 bits per heavy atom. The van der Waals surface area contributed by atoms with E-state index in [1.807, 2.05) is 38.1 Å². The van der Waals surface area contributed by atoms with E-state index < -0.39 is 0 Å². The molecular formula is C14H19IN4S. The number of guanidine groups is 1. The molecule has 0 saturated carbocycles. The molecule has 0 bridgehead atoms. The highest BCUT2D eigenvalue weighted by atomic mass is 127. The molecule has 0 aliphatic heterocycles. The lowest BCUT2D eigenvalue weighted by Crippen LogP contribution is -2.22. The number of aromatic nitrogens is 1. The summed E-state index contributed by atoms with van der Waals surface area (Å²) in [5.41, 5.74) is 9.08. The second-order valence-corrected chi connectivity index (χ2v) is 5.72. The normalized spacial score (nSPS) is 11.1. The summed E-state index contributed by atoms with van der Waals surface area (Å²) in [7, 11) is 0. The fraction of sp³-hybridized carbons (Fsp3) is 0.286. The molecular weight excluding hydrogens is 383 g/mol. The van der Waals surface area contributed by atoms with Crippen LogP contribution in [0, 0.1) is 20.8 Å². The first kappa shape index (κ1) is 16.9. The molecule has 0 fully saturated rings. The first-order chi connectivity index (χ1) is 9.04. The van der Waals surface area contributed by atoms with E-state index in [-0.39, 0.29) is 24.0 Å². The molecule has 108 valence electrons. The van der Waals surface area contributed by atoms with E-state index in [9.17, 15) is 0 Å². The molecule has 4 nitrogen and oxygen atoms in total. The van der Waals surface area contributed by atoms with Crippen molar-refractivity contribution in [1.82, 2.24) is 4.98 Å². The van der Waals surface area contributed by atoms with Crippen LogP contribution in [0.2, 0.25) is 0 Å². The Kier molecular flexibility index (Phi) is 6.41. The van der Waals surface area contributed by atoms with Gasteiger partial charge < -0.3 is 11.1 Å². The summed E-state index contributed by atoms with van der Waals surface area (Å²) in [6.45, 7) is 6.62. The van der Waals surface area contributed by atoms with Crippen molar-refractivity contribution in [2.24, 2.45) is 10.7 Å². The molecule has 0 radical (unpaired) electrons. The summed E-state index contributed by atoms with van der Waals surface area (Å²) in [5, 5.41) is 4.14. The Hall–Kier alpha value is -1.15. The third-order valence-corrected chi connectivity index (χ3v) is 3.77. The molecule has 0 spiro atoms. The SMILES string of the molecule is Cc1ccc(NC(N)=NCc2sc(C)nc2C)cc1.I. The van der Waals surface area contributed by atoms with Crippen LogP contribution < -0.4 is 11.1 Å². The maximum Gasteiger partial charge on any atom is 0.193 e. The molecule has 3 N–H and O–H groups in total. The summed E-state index contributed by atoms with van der Waals surface area (Å²) in [6.07, 6.45) is 0. The number of aliphatic imine (C=N–C) groups is 1. The van der Waals surface area contributed by atoms with Crippen molar-refractivity contribution in [1.29, 1.82) is 0 Å². The van der Waals surface area contributed by atoms with Crippen LogP contribution in [0.5, 0.6) is 0 Å². The fourth-order valence-corrected chi connectivity index (χ4v) is 2.56. The number of hydrogen-bond donors (Lipinski definition) is 2. The molecule has 1 heterocycles. The van der Waals surface area contributed by atoms with Crippen LogP contribution in [-0.2, 0) is 6.54 Å². The van der Waals surface area contributed by atoms with E-state index in [0.717, 1.165) is 21.3 Å². The van der Waals surface area contributed by atoms with Gasteiger partial charge in [0.2, 0.25) is 0 Å². The molecule has 0 unspecified atom stereocenters. The molecule has 0 saturated heterocycles. The lowest BCUT2D eigenvalue weighted by molar-refractivity contribution is 1.05. The van der Waals surface area contributed by atoms with Crippen LogP contribution in [0.4, 0.5) is 5.69 Å². The van der Waals surface area contributed by atoms with E-state index in [1.54, 1.807) is 11.3 Å². The Morgan fingerprint density at radius 2 is 1.90 bits per heavy atom. The Bertz CT molecular complexity index is 590. The molecule has 1 aromatic carbocycles. The van der Waals surface area contributed by atoms with Gasteiger partial charge >= 0.3 is 0 Å². The lowest BCUT2D eigenvalue weighted by Gasteiger charge is -2.05. The maximum atomic E-state index is 5.87. The second kappa shape index (κ2) is 7.58. The van der Waals surface area contributed by atoms with E-state index in [4.69, 9.17) is 5.73 Å². The standard InChI is InChI=1S/C14H18N4S.HI/c1-9-4-6-12(7-5-9)18-14(15)16-8-13-10(2)17-11(3)19-13;/h4-7H,8H2,1-3H3,(H3,15,16,18);1H. The summed E-state index contributed by atoms with van der Waals surface area (Å²) < 4.78 is 0. The predicted molar refractivity (Wildman–Crippen MR) is 97.1 cm³/mol. The van der Waals surface area contributed by atoms with Crippen LogP contribution in [0.3, 0.4) is 0 Å². The van der Waals surface area contributed by atoms with Gasteiger partial charge in [-0.2, -0.15) is 0 Å². The molecule has 2 rings (SSSR count). The smallest absolute Gasteiger partial charge is 0.193 e. The number of halogens is 1. The van der Waals surface area contributed by atoms with Crippen LogP contribution in [0.1, 0.15) is 21.1 Å². The number of aryl methyl sites for hydroxylation is 3. The number of hydrogen-bond acceptors (Lipinski definition) is 3. The predicted octanol–water partition coefficient (Wildman–Crippen LogP) is 3.61. The number of nitrogens with two attached hydrogens (primary N) is 1. The van der Waals surface area contributed by atoms with Gasteiger partial charge in [0.1, 0.15) is 0 Å². The number of nitrogens with zero attached hydrogens (tertiary/aromatic N) is 2. The minimum atomic E-state index is 0. The van der Waals surface area contributed by atoms with Gasteiger partial charge in [-0.3, -0.25) is 0 Å². The molecule has 2 aromatic rings. The number of benzene rings is 1. The first-order valence-corrected chi connectivity index (χ1v) is 6.93. The summed E-state index contributed by atoms with van der Waals surface area (Å²) in [6, 6.07) is 8.04. The molecule has 0 amide bonds. The quantitative estimate of drug-likeness (QED) is 0.469. The van der Waals surface area contributed by atoms with Gasteiger partial charge in [-0.15, -0.1) is 35.3 Å². The molecule has 0 aliphatic rings. The second-order valence-electron chi connectivity index (χ2n) is 4.43. The van der Waals surface area contributed by atoms with Crippen molar-refractivity contribution >= 4 is 47.0 Å². The van der Waals surface area contributed by atoms with Crippen molar-refractivity contribution in [2.45, 2.75) is 27.3 Å². The van der Waals surface area contributed by atoms with Crippen LogP contribution in [0.25, 0.3) is 0 Å². The van der Waals surface area contributed by atoms with E-state index in [2.05, 4.69) is 22.2 Å². The zero-order valence-corrected chi connectivity index (χ0v) is 15.0. The molecule has 20 heavy (non-hydrogen) atoms. The highest BCUT2D eigenvalue weighted by Crippen LogP contribution is 2.17. The molecule has 1 aromatic heterocycles. The minimum Gasteiger partial charge on any atom is -0.370 e. The van der Waals surface area contributed by atoms with E-state index >= 15 is 0 Å². The number of rotatable bonds is 3. The minimum absolute atomic E-state index is 0. The molecule has 6 heteroatoms. The third-order valence-electron chi connectivity index (χ3n) is 2.72. The van der Waals surface area contributed by atoms with Gasteiger partial charge in [0.25, 0.3) is 0 Å². The largest absolute Gasteiger partial charge is 0.370 e. The molecule has 0 aliphatic carbocycles. The highest BCUT2D eigenvalue weighted by molar-refractivity contribution is 14.0. The monoisotopic (exact) mass is 402 g/mol. The van der Waals surface area contributed by atoms with Gasteiger partial charge in [0.15, 0.2) is 5.96 Å². The topological polar surface area (TPSA) is 63.3 Å². The fourth-order valence-electron chi connectivity index (χ4n) is 1.70. The zero-order valence-electron chi connectivity index (χ0n) is 11.8.